The summed E-state index contributed by atoms with van der Waals surface area (Å²) in [6.07, 6.45) is 5.81. The Morgan fingerprint density at radius 3 is 2.56 bits per heavy atom. The fraction of sp³-hybridized carbons (Fsp3) is 0.826. The van der Waals surface area contributed by atoms with Crippen LogP contribution in [0, 0.1) is 23.7 Å². The van der Waals surface area contributed by atoms with Gasteiger partial charge >= 0.3 is 18.0 Å². The number of hydrogen-bond donors (Lipinski definition) is 1. The van der Waals surface area contributed by atoms with Gasteiger partial charge in [-0.2, -0.15) is 0 Å². The second-order valence-electron chi connectivity index (χ2n) is 9.58. The van der Waals surface area contributed by atoms with Crippen LogP contribution in [-0.4, -0.2) is 67.4 Å². The van der Waals surface area contributed by atoms with Crippen LogP contribution in [-0.2, 0) is 32.2 Å². The third kappa shape index (κ3) is 6.89. The molecule has 0 aromatic carbocycles. The van der Waals surface area contributed by atoms with Crippen LogP contribution in [0.2, 0.25) is 0 Å². The Morgan fingerprint density at radius 2 is 1.88 bits per heavy atom. The van der Waals surface area contributed by atoms with Crippen molar-refractivity contribution in [1.82, 2.24) is 25.1 Å². The van der Waals surface area contributed by atoms with Gasteiger partial charge in [-0.1, -0.05) is 33.1 Å². The van der Waals surface area contributed by atoms with Gasteiger partial charge in [0.2, 0.25) is 6.73 Å². The van der Waals surface area contributed by atoms with E-state index in [2.05, 4.69) is 29.3 Å². The number of carbonyl (C=O) groups is 3. The molecule has 34 heavy (non-hydrogen) atoms. The van der Waals surface area contributed by atoms with Crippen LogP contribution < -0.4 is 0 Å². The van der Waals surface area contributed by atoms with Crippen LogP contribution >= 0.6 is 0 Å². The summed E-state index contributed by atoms with van der Waals surface area (Å²) in [6.45, 7) is 6.14. The van der Waals surface area contributed by atoms with Gasteiger partial charge in [-0.3, -0.25) is 9.69 Å². The summed E-state index contributed by atoms with van der Waals surface area (Å²) in [5.41, 5.74) is 0. The van der Waals surface area contributed by atoms with Crippen LogP contribution in [0.25, 0.3) is 0 Å². The Hall–Kier alpha value is -2.72. The van der Waals surface area contributed by atoms with Gasteiger partial charge in [0.05, 0.1) is 6.61 Å². The van der Waals surface area contributed by atoms with Crippen molar-refractivity contribution in [2.24, 2.45) is 23.7 Å². The molecule has 1 N–H and O–H groups in total. The molecule has 1 aromatic heterocycles. The van der Waals surface area contributed by atoms with E-state index in [1.54, 1.807) is 0 Å². The molecule has 1 saturated carbocycles. The Labute approximate surface area is 200 Å². The maximum absolute atomic E-state index is 12.8. The Kier molecular flexibility index (Phi) is 9.23. The van der Waals surface area contributed by atoms with Gasteiger partial charge < -0.3 is 14.6 Å². The van der Waals surface area contributed by atoms with E-state index in [0.717, 1.165) is 38.5 Å². The van der Waals surface area contributed by atoms with Crippen LogP contribution in [0.15, 0.2) is 0 Å². The number of nitrogens with zero attached hydrogens (tertiary/aromatic N) is 5. The molecule has 0 radical (unpaired) electrons. The molecule has 3 rings (SSSR count). The third-order valence-corrected chi connectivity index (χ3v) is 7.37. The lowest BCUT2D eigenvalue weighted by Gasteiger charge is -2.45. The fourth-order valence-electron chi connectivity index (χ4n) is 5.18. The molecular weight excluding hydrogens is 442 g/mol. The van der Waals surface area contributed by atoms with E-state index >= 15 is 0 Å². The van der Waals surface area contributed by atoms with Gasteiger partial charge in [0.15, 0.2) is 5.82 Å². The standard InChI is InChI=1S/C23H37N5O6/c1-4-16(5-2)13-33-22(30)20-11-19-10-17(6-8-18(19)12-27(20)23(31)32)7-9-21-24-26-28(25-21)14-34-15(3)29/h16-20H,4-14H2,1-3H3,(H,31,32)/t17-,18+,19-,20+/m1/s1. The summed E-state index contributed by atoms with van der Waals surface area (Å²) in [5.74, 6) is 1.13. The second kappa shape index (κ2) is 12.1. The smallest absolute Gasteiger partial charge is 0.408 e. The first-order valence-electron chi connectivity index (χ1n) is 12.4. The normalized spacial score (nSPS) is 24.5. The molecular formula is C23H37N5O6. The van der Waals surface area contributed by atoms with E-state index in [1.807, 2.05) is 0 Å². The van der Waals surface area contributed by atoms with Crippen molar-refractivity contribution in [2.45, 2.75) is 84.9 Å². The molecule has 0 unspecified atom stereocenters. The highest BCUT2D eigenvalue weighted by Gasteiger charge is 2.44. The molecule has 1 saturated heterocycles. The van der Waals surface area contributed by atoms with Crippen molar-refractivity contribution in [2.75, 3.05) is 13.2 Å². The number of likely N-dealkylation sites (tertiary alicyclic amines) is 1. The lowest BCUT2D eigenvalue weighted by atomic mass is 9.68. The van der Waals surface area contributed by atoms with E-state index in [0.29, 0.717) is 49.6 Å². The van der Waals surface area contributed by atoms with E-state index in [4.69, 9.17) is 9.47 Å². The third-order valence-electron chi connectivity index (χ3n) is 7.37. The van der Waals surface area contributed by atoms with Gasteiger partial charge in [-0.05, 0) is 54.6 Å². The highest BCUT2D eigenvalue weighted by Crippen LogP contribution is 2.42. The van der Waals surface area contributed by atoms with Crippen molar-refractivity contribution >= 4 is 18.0 Å². The minimum absolute atomic E-state index is 0.0512. The summed E-state index contributed by atoms with van der Waals surface area (Å²) in [7, 11) is 0. The van der Waals surface area contributed by atoms with E-state index < -0.39 is 24.1 Å². The van der Waals surface area contributed by atoms with Crippen molar-refractivity contribution in [3.05, 3.63) is 5.82 Å². The minimum Gasteiger partial charge on any atom is -0.465 e. The number of carboxylic acid groups (broad SMARTS) is 1. The average molecular weight is 480 g/mol. The minimum atomic E-state index is -1.05. The maximum Gasteiger partial charge on any atom is 0.408 e. The molecule has 0 bridgehead atoms. The number of ether oxygens (including phenoxy) is 2. The summed E-state index contributed by atoms with van der Waals surface area (Å²) in [5, 5.41) is 21.9. The van der Waals surface area contributed by atoms with Gasteiger partial charge in [0.1, 0.15) is 6.04 Å². The van der Waals surface area contributed by atoms with Gasteiger partial charge in [0.25, 0.3) is 0 Å². The molecule has 1 aliphatic heterocycles. The van der Waals surface area contributed by atoms with Crippen molar-refractivity contribution < 1.29 is 29.0 Å². The molecule has 190 valence electrons. The molecule has 1 aromatic rings. The monoisotopic (exact) mass is 479 g/mol. The predicted octanol–water partition coefficient (Wildman–Crippen LogP) is 2.89. The summed E-state index contributed by atoms with van der Waals surface area (Å²) in [6, 6.07) is -0.727. The Balaban J connectivity index is 1.54. The Morgan fingerprint density at radius 1 is 1.12 bits per heavy atom. The molecule has 2 aliphatic rings. The fourth-order valence-corrected chi connectivity index (χ4v) is 5.18. The number of aryl methyl sites for hydroxylation is 1. The van der Waals surface area contributed by atoms with Crippen LogP contribution in [0.5, 0.6) is 0 Å². The number of aromatic nitrogens is 4. The van der Waals surface area contributed by atoms with Crippen molar-refractivity contribution in [3.63, 3.8) is 0 Å². The molecule has 11 nitrogen and oxygen atoms in total. The number of carbonyl (C=O) groups excluding carboxylic acids is 2. The number of tetrazole rings is 1. The maximum atomic E-state index is 12.8. The van der Waals surface area contributed by atoms with Crippen LogP contribution in [0.3, 0.4) is 0 Å². The SMILES string of the molecule is CCC(CC)COC(=O)[C@@H]1C[C@H]2C[C@@H](CCc3nnn(COC(C)=O)n3)CC[C@H]2CN1C(=O)O. The summed E-state index contributed by atoms with van der Waals surface area (Å²) >= 11 is 0. The van der Waals surface area contributed by atoms with Gasteiger partial charge in [-0.15, -0.1) is 15.0 Å². The lowest BCUT2D eigenvalue weighted by Crippen LogP contribution is -2.54. The van der Waals surface area contributed by atoms with Crippen LogP contribution in [0.1, 0.15) is 71.5 Å². The number of piperidine rings is 1. The highest BCUT2D eigenvalue weighted by atomic mass is 16.5. The topological polar surface area (TPSA) is 137 Å². The molecule has 1 amide bonds. The van der Waals surface area contributed by atoms with Crippen molar-refractivity contribution in [3.8, 4) is 0 Å². The Bertz CT molecular complexity index is 842. The lowest BCUT2D eigenvalue weighted by molar-refractivity contribution is -0.154. The molecule has 2 heterocycles. The first kappa shape index (κ1) is 25.9. The molecule has 0 spiro atoms. The zero-order valence-electron chi connectivity index (χ0n) is 20.4. The number of fused-ring (bicyclic) bond motifs is 1. The zero-order valence-corrected chi connectivity index (χ0v) is 20.4. The average Bonchev–Trinajstić information content (AvgIpc) is 3.28. The van der Waals surface area contributed by atoms with Crippen molar-refractivity contribution in [1.29, 1.82) is 0 Å². The zero-order chi connectivity index (χ0) is 24.7. The van der Waals surface area contributed by atoms with E-state index in [-0.39, 0.29) is 12.6 Å². The number of rotatable bonds is 10. The molecule has 2 fully saturated rings. The first-order chi connectivity index (χ1) is 16.3. The van der Waals surface area contributed by atoms with Crippen LogP contribution in [0.4, 0.5) is 4.79 Å². The predicted molar refractivity (Wildman–Crippen MR) is 120 cm³/mol. The van der Waals surface area contributed by atoms with Gasteiger partial charge in [0, 0.05) is 19.9 Å². The summed E-state index contributed by atoms with van der Waals surface area (Å²) < 4.78 is 10.4. The van der Waals surface area contributed by atoms with E-state index in [1.165, 1.54) is 16.6 Å². The number of esters is 2. The second-order valence-corrected chi connectivity index (χ2v) is 9.58. The molecule has 4 atom stereocenters. The first-order valence-corrected chi connectivity index (χ1v) is 12.4. The van der Waals surface area contributed by atoms with E-state index in [9.17, 15) is 19.5 Å². The number of hydrogen-bond acceptors (Lipinski definition) is 8. The molecule has 1 aliphatic carbocycles. The van der Waals surface area contributed by atoms with Gasteiger partial charge in [-0.25, -0.2) is 9.59 Å². The summed E-state index contributed by atoms with van der Waals surface area (Å²) in [4.78, 5) is 38.2. The number of amides is 1. The highest BCUT2D eigenvalue weighted by molar-refractivity contribution is 5.81. The molecule has 11 heteroatoms. The quantitative estimate of drug-likeness (QED) is 0.502. The largest absolute Gasteiger partial charge is 0.465 e.